The normalized spacial score (nSPS) is 18.4. The molecule has 0 aliphatic carbocycles. The van der Waals surface area contributed by atoms with Crippen LogP contribution in [-0.4, -0.2) is 49.0 Å². The van der Waals surface area contributed by atoms with Crippen molar-refractivity contribution in [1.82, 2.24) is 14.3 Å². The van der Waals surface area contributed by atoms with Crippen LogP contribution in [0.25, 0.3) is 0 Å². The lowest BCUT2D eigenvalue weighted by Gasteiger charge is -2.26. The van der Waals surface area contributed by atoms with Gasteiger partial charge in [-0.05, 0) is 24.3 Å². The molecule has 0 unspecified atom stereocenters. The summed E-state index contributed by atoms with van der Waals surface area (Å²) in [6.07, 6.45) is 1.69. The van der Waals surface area contributed by atoms with Gasteiger partial charge >= 0.3 is 0 Å². The molecule has 2 aromatic rings. The zero-order chi connectivity index (χ0) is 17.4. The summed E-state index contributed by atoms with van der Waals surface area (Å²) >= 11 is 0. The van der Waals surface area contributed by atoms with Gasteiger partial charge in [0.1, 0.15) is 5.82 Å². The second-order valence-electron chi connectivity index (χ2n) is 5.97. The van der Waals surface area contributed by atoms with Crippen LogP contribution < -0.4 is 4.90 Å². The lowest BCUT2D eigenvalue weighted by molar-refractivity contribution is 0.122. The molecule has 132 valence electrons. The van der Waals surface area contributed by atoms with Crippen molar-refractivity contribution in [2.75, 3.05) is 31.2 Å². The summed E-state index contributed by atoms with van der Waals surface area (Å²) in [5.74, 6) is 0.132. The molecule has 1 saturated heterocycles. The van der Waals surface area contributed by atoms with Crippen LogP contribution in [0.3, 0.4) is 0 Å². The van der Waals surface area contributed by atoms with Crippen LogP contribution in [0.2, 0.25) is 0 Å². The number of sulfonamides is 1. The van der Waals surface area contributed by atoms with Gasteiger partial charge in [0.15, 0.2) is 0 Å². The molecule has 1 fully saturated rings. The van der Waals surface area contributed by atoms with Crippen molar-refractivity contribution in [2.24, 2.45) is 0 Å². The fraction of sp³-hybridized carbons (Fsp3) is 0.375. The first-order valence-electron chi connectivity index (χ1n) is 7.97. The molecular formula is C16H17FN4O3S. The molecule has 9 heteroatoms. The second kappa shape index (κ2) is 6.32. The van der Waals surface area contributed by atoms with E-state index in [-0.39, 0.29) is 18.0 Å². The number of benzene rings is 1. The third-order valence-electron chi connectivity index (χ3n) is 4.36. The first kappa shape index (κ1) is 16.4. The molecule has 0 atom stereocenters. The van der Waals surface area contributed by atoms with E-state index in [1.54, 1.807) is 6.20 Å². The molecule has 3 heterocycles. The van der Waals surface area contributed by atoms with Crippen LogP contribution in [-0.2, 0) is 27.8 Å². The first-order valence-corrected chi connectivity index (χ1v) is 9.41. The molecule has 7 nitrogen and oxygen atoms in total. The van der Waals surface area contributed by atoms with E-state index in [2.05, 4.69) is 9.97 Å². The predicted octanol–water partition coefficient (Wildman–Crippen LogP) is 1.16. The summed E-state index contributed by atoms with van der Waals surface area (Å²) in [6, 6.07) is 4.84. The Morgan fingerprint density at radius 1 is 1.08 bits per heavy atom. The zero-order valence-electron chi connectivity index (χ0n) is 13.4. The Balaban J connectivity index is 1.57. The van der Waals surface area contributed by atoms with E-state index in [9.17, 15) is 12.8 Å². The molecule has 0 bridgehead atoms. The van der Waals surface area contributed by atoms with Crippen molar-refractivity contribution in [3.8, 4) is 0 Å². The SMILES string of the molecule is O=S(=O)(c1ccc(F)cc1)N1Cc2cnc(N3CCOCC3)nc2C1. The molecule has 4 rings (SSSR count). The largest absolute Gasteiger partial charge is 0.378 e. The van der Waals surface area contributed by atoms with Gasteiger partial charge in [0.05, 0.1) is 30.3 Å². The molecular weight excluding hydrogens is 347 g/mol. The number of rotatable bonds is 3. The van der Waals surface area contributed by atoms with Crippen LogP contribution in [0.15, 0.2) is 35.4 Å². The number of aromatic nitrogens is 2. The summed E-state index contributed by atoms with van der Waals surface area (Å²) in [7, 11) is -3.70. The zero-order valence-corrected chi connectivity index (χ0v) is 14.2. The lowest BCUT2D eigenvalue weighted by Crippen LogP contribution is -2.37. The summed E-state index contributed by atoms with van der Waals surface area (Å²) < 4.78 is 45.2. The van der Waals surface area contributed by atoms with Crippen molar-refractivity contribution >= 4 is 16.0 Å². The minimum Gasteiger partial charge on any atom is -0.378 e. The van der Waals surface area contributed by atoms with Crippen LogP contribution in [0, 0.1) is 5.82 Å². The number of hydrogen-bond donors (Lipinski definition) is 0. The van der Waals surface area contributed by atoms with Gasteiger partial charge in [-0.15, -0.1) is 0 Å². The van der Waals surface area contributed by atoms with Crippen LogP contribution in [0.1, 0.15) is 11.3 Å². The van der Waals surface area contributed by atoms with Gasteiger partial charge < -0.3 is 9.64 Å². The number of nitrogens with zero attached hydrogens (tertiary/aromatic N) is 4. The van der Waals surface area contributed by atoms with Gasteiger partial charge in [0.25, 0.3) is 0 Å². The van der Waals surface area contributed by atoms with E-state index in [4.69, 9.17) is 4.74 Å². The standard InChI is InChI=1S/C16H17FN4O3S/c17-13-1-3-14(4-2-13)25(22,23)21-10-12-9-18-16(19-15(12)11-21)20-5-7-24-8-6-20/h1-4,9H,5-8,10-11H2. The van der Waals surface area contributed by atoms with Crippen molar-refractivity contribution in [3.05, 3.63) is 47.5 Å². The van der Waals surface area contributed by atoms with E-state index >= 15 is 0 Å². The van der Waals surface area contributed by atoms with Crippen LogP contribution >= 0.6 is 0 Å². The topological polar surface area (TPSA) is 75.6 Å². The maximum absolute atomic E-state index is 13.0. The average Bonchev–Trinajstić information content (AvgIpc) is 3.07. The average molecular weight is 364 g/mol. The van der Waals surface area contributed by atoms with Crippen LogP contribution in [0.4, 0.5) is 10.3 Å². The molecule has 25 heavy (non-hydrogen) atoms. The molecule has 0 radical (unpaired) electrons. The lowest BCUT2D eigenvalue weighted by atomic mass is 10.3. The number of anilines is 1. The molecule has 0 amide bonds. The Labute approximate surface area is 145 Å². The summed E-state index contributed by atoms with van der Waals surface area (Å²) in [4.78, 5) is 11.0. The fourth-order valence-corrected chi connectivity index (χ4v) is 4.33. The third kappa shape index (κ3) is 3.10. The summed E-state index contributed by atoms with van der Waals surface area (Å²) in [6.45, 7) is 3.11. The van der Waals surface area contributed by atoms with Crippen molar-refractivity contribution in [1.29, 1.82) is 0 Å². The molecule has 1 aromatic carbocycles. The number of halogens is 1. The maximum Gasteiger partial charge on any atom is 0.243 e. The highest BCUT2D eigenvalue weighted by molar-refractivity contribution is 7.89. The molecule has 1 aromatic heterocycles. The smallest absolute Gasteiger partial charge is 0.243 e. The first-order chi connectivity index (χ1) is 12.0. The van der Waals surface area contributed by atoms with E-state index in [1.165, 1.54) is 16.4 Å². The van der Waals surface area contributed by atoms with Crippen molar-refractivity contribution in [3.63, 3.8) is 0 Å². The molecule has 0 N–H and O–H groups in total. The molecule has 2 aliphatic rings. The molecule has 0 spiro atoms. The monoisotopic (exact) mass is 364 g/mol. The van der Waals surface area contributed by atoms with Crippen LogP contribution in [0.5, 0.6) is 0 Å². The second-order valence-corrected chi connectivity index (χ2v) is 7.91. The number of morpholine rings is 1. The molecule has 2 aliphatic heterocycles. The van der Waals surface area contributed by atoms with Gasteiger partial charge in [-0.3, -0.25) is 0 Å². The van der Waals surface area contributed by atoms with Crippen molar-refractivity contribution < 1.29 is 17.5 Å². The number of fused-ring (bicyclic) bond motifs is 1. The Morgan fingerprint density at radius 3 is 2.52 bits per heavy atom. The Bertz CT molecular complexity index is 883. The van der Waals surface area contributed by atoms with E-state index in [1.807, 2.05) is 4.90 Å². The fourth-order valence-electron chi connectivity index (χ4n) is 2.95. The Kier molecular flexibility index (Phi) is 4.14. The Hall–Kier alpha value is -2.10. The van der Waals surface area contributed by atoms with E-state index in [0.29, 0.717) is 24.9 Å². The summed E-state index contributed by atoms with van der Waals surface area (Å²) in [5.41, 5.74) is 1.50. The summed E-state index contributed by atoms with van der Waals surface area (Å²) in [5, 5.41) is 0. The van der Waals surface area contributed by atoms with Gasteiger partial charge in [-0.25, -0.2) is 22.8 Å². The maximum atomic E-state index is 13.0. The number of ether oxygens (including phenoxy) is 1. The third-order valence-corrected chi connectivity index (χ3v) is 6.17. The Morgan fingerprint density at radius 2 is 1.80 bits per heavy atom. The predicted molar refractivity (Wildman–Crippen MR) is 87.9 cm³/mol. The quantitative estimate of drug-likeness (QED) is 0.814. The van der Waals surface area contributed by atoms with Gasteiger partial charge in [0, 0.05) is 31.4 Å². The highest BCUT2D eigenvalue weighted by Gasteiger charge is 2.32. The van der Waals surface area contributed by atoms with E-state index in [0.717, 1.165) is 30.8 Å². The van der Waals surface area contributed by atoms with Gasteiger partial charge in [-0.1, -0.05) is 0 Å². The minimum atomic E-state index is -3.70. The number of hydrogen-bond acceptors (Lipinski definition) is 6. The van der Waals surface area contributed by atoms with Gasteiger partial charge in [-0.2, -0.15) is 4.31 Å². The minimum absolute atomic E-state index is 0.0723. The van der Waals surface area contributed by atoms with Crippen molar-refractivity contribution in [2.45, 2.75) is 18.0 Å². The highest BCUT2D eigenvalue weighted by Crippen LogP contribution is 2.28. The van der Waals surface area contributed by atoms with E-state index < -0.39 is 15.8 Å². The highest BCUT2D eigenvalue weighted by atomic mass is 32.2. The molecule has 0 saturated carbocycles. The van der Waals surface area contributed by atoms with Gasteiger partial charge in [0.2, 0.25) is 16.0 Å².